The third-order valence-electron chi connectivity index (χ3n) is 7.87. The normalized spacial score (nSPS) is 15.4. The number of para-hydroxylation sites is 1. The zero-order valence-corrected chi connectivity index (χ0v) is 20.9. The fourth-order valence-electron chi connectivity index (χ4n) is 6.18. The second-order valence-electron chi connectivity index (χ2n) is 9.83. The summed E-state index contributed by atoms with van der Waals surface area (Å²) in [5.41, 5.74) is 7.37. The average Bonchev–Trinajstić information content (AvgIpc) is 3.60. The number of pyridine rings is 1. The molecule has 0 saturated heterocycles. The van der Waals surface area contributed by atoms with E-state index in [0.717, 1.165) is 23.4 Å². The monoisotopic (exact) mass is 485 g/mol. The second-order valence-corrected chi connectivity index (χ2v) is 10.7. The molecule has 1 saturated carbocycles. The summed E-state index contributed by atoms with van der Waals surface area (Å²) >= 11 is 1.68. The van der Waals surface area contributed by atoms with E-state index in [1.54, 1.807) is 11.3 Å². The second kappa shape index (κ2) is 8.72. The van der Waals surface area contributed by atoms with Gasteiger partial charge in [0, 0.05) is 45.2 Å². The minimum Gasteiger partial charge on any atom is -0.309 e. The molecular weight excluding hydrogens is 458 g/mol. The third kappa shape index (κ3) is 3.40. The van der Waals surface area contributed by atoms with Gasteiger partial charge in [0.05, 0.1) is 16.7 Å². The molecule has 1 aliphatic carbocycles. The SMILES string of the molecule is c1ccc(C2(c3cccc(-n4c5ccccc5c5ccc(-c6nccs6)cc54)c3)CCCCC2)nc1. The number of fused-ring (bicyclic) bond motifs is 3. The molecule has 0 amide bonds. The largest absolute Gasteiger partial charge is 0.309 e. The highest BCUT2D eigenvalue weighted by molar-refractivity contribution is 7.13. The van der Waals surface area contributed by atoms with Crippen LogP contribution < -0.4 is 0 Å². The van der Waals surface area contributed by atoms with Crippen molar-refractivity contribution in [2.24, 2.45) is 0 Å². The van der Waals surface area contributed by atoms with Crippen molar-refractivity contribution < 1.29 is 0 Å². The molecule has 1 fully saturated rings. The first-order valence-electron chi connectivity index (χ1n) is 12.8. The summed E-state index contributed by atoms with van der Waals surface area (Å²) in [7, 11) is 0. The fraction of sp³-hybridized carbons (Fsp3) is 0.188. The number of aromatic nitrogens is 3. The molecule has 176 valence electrons. The molecule has 3 aromatic carbocycles. The number of hydrogen-bond donors (Lipinski definition) is 0. The summed E-state index contributed by atoms with van der Waals surface area (Å²) in [4.78, 5) is 9.44. The van der Waals surface area contributed by atoms with Gasteiger partial charge in [0.15, 0.2) is 0 Å². The molecule has 0 unspecified atom stereocenters. The van der Waals surface area contributed by atoms with Crippen molar-refractivity contribution in [1.29, 1.82) is 0 Å². The van der Waals surface area contributed by atoms with Crippen molar-refractivity contribution in [2.45, 2.75) is 37.5 Å². The third-order valence-corrected chi connectivity index (χ3v) is 8.69. The van der Waals surface area contributed by atoms with E-state index in [1.807, 2.05) is 23.8 Å². The van der Waals surface area contributed by atoms with Crippen molar-refractivity contribution in [2.75, 3.05) is 0 Å². The Hall–Kier alpha value is -3.76. The predicted octanol–water partition coefficient (Wildman–Crippen LogP) is 8.55. The van der Waals surface area contributed by atoms with Crippen LogP contribution in [0.4, 0.5) is 0 Å². The zero-order chi connectivity index (χ0) is 24.0. The molecule has 36 heavy (non-hydrogen) atoms. The molecule has 3 nitrogen and oxygen atoms in total. The van der Waals surface area contributed by atoms with Crippen molar-refractivity contribution in [3.8, 4) is 16.3 Å². The van der Waals surface area contributed by atoms with E-state index in [4.69, 9.17) is 4.98 Å². The molecule has 0 bridgehead atoms. The maximum atomic E-state index is 4.87. The van der Waals surface area contributed by atoms with Crippen LogP contribution in [-0.2, 0) is 5.41 Å². The number of hydrogen-bond acceptors (Lipinski definition) is 3. The Morgan fingerprint density at radius 3 is 2.39 bits per heavy atom. The molecule has 0 N–H and O–H groups in total. The lowest BCUT2D eigenvalue weighted by atomic mass is 9.67. The standard InChI is InChI=1S/C32H27N3S/c1-5-16-32(17-6-1,30-13-4-7-18-33-30)24-9-8-10-25(22-24)35-28-12-3-2-11-26(28)27-15-14-23(21-29(27)35)31-34-19-20-36-31/h2-4,7-15,18-22H,1,5-6,16-17H2. The number of benzene rings is 3. The summed E-state index contributed by atoms with van der Waals surface area (Å²) in [6, 6.07) is 31.1. The van der Waals surface area contributed by atoms with Gasteiger partial charge in [-0.25, -0.2) is 4.98 Å². The summed E-state index contributed by atoms with van der Waals surface area (Å²) in [6.45, 7) is 0. The van der Waals surface area contributed by atoms with Crippen LogP contribution in [0.5, 0.6) is 0 Å². The number of nitrogens with zero attached hydrogens (tertiary/aromatic N) is 3. The molecule has 4 heteroatoms. The topological polar surface area (TPSA) is 30.7 Å². The molecule has 0 spiro atoms. The Balaban J connectivity index is 1.46. The smallest absolute Gasteiger partial charge is 0.123 e. The van der Waals surface area contributed by atoms with Gasteiger partial charge in [-0.05, 0) is 54.8 Å². The quantitative estimate of drug-likeness (QED) is 0.250. The van der Waals surface area contributed by atoms with Crippen molar-refractivity contribution in [3.05, 3.63) is 114 Å². The lowest BCUT2D eigenvalue weighted by Gasteiger charge is -2.37. The Labute approximate surface area is 215 Å². The molecule has 1 aliphatic rings. The van der Waals surface area contributed by atoms with Gasteiger partial charge in [-0.15, -0.1) is 11.3 Å². The van der Waals surface area contributed by atoms with Gasteiger partial charge < -0.3 is 4.57 Å². The summed E-state index contributed by atoms with van der Waals surface area (Å²) < 4.78 is 2.43. The Bertz CT molecular complexity index is 1660. The molecule has 0 aliphatic heterocycles. The van der Waals surface area contributed by atoms with E-state index in [2.05, 4.69) is 88.4 Å². The first kappa shape index (κ1) is 21.5. The first-order valence-corrected chi connectivity index (χ1v) is 13.7. The van der Waals surface area contributed by atoms with Crippen molar-refractivity contribution in [1.82, 2.24) is 14.5 Å². The molecule has 0 radical (unpaired) electrons. The van der Waals surface area contributed by atoms with Gasteiger partial charge in [0.2, 0.25) is 0 Å². The molecule has 6 aromatic rings. The Morgan fingerprint density at radius 1 is 0.694 bits per heavy atom. The molecule has 7 rings (SSSR count). The maximum Gasteiger partial charge on any atom is 0.123 e. The summed E-state index contributed by atoms with van der Waals surface area (Å²) in [5, 5.41) is 5.65. The van der Waals surface area contributed by atoms with E-state index in [9.17, 15) is 0 Å². The van der Waals surface area contributed by atoms with E-state index in [1.165, 1.54) is 58.0 Å². The summed E-state index contributed by atoms with van der Waals surface area (Å²) in [6.07, 6.45) is 9.91. The lowest BCUT2D eigenvalue weighted by Crippen LogP contribution is -2.31. The van der Waals surface area contributed by atoms with Crippen LogP contribution in [0.15, 0.2) is 103 Å². The Kier molecular flexibility index (Phi) is 5.21. The van der Waals surface area contributed by atoms with Crippen LogP contribution in [0.1, 0.15) is 43.4 Å². The van der Waals surface area contributed by atoms with Crippen LogP contribution in [0.25, 0.3) is 38.1 Å². The fourth-order valence-corrected chi connectivity index (χ4v) is 6.82. The molecular formula is C32H27N3S. The highest BCUT2D eigenvalue weighted by atomic mass is 32.1. The highest BCUT2D eigenvalue weighted by Crippen LogP contribution is 2.45. The van der Waals surface area contributed by atoms with Gasteiger partial charge in [-0.3, -0.25) is 4.98 Å². The van der Waals surface area contributed by atoms with Gasteiger partial charge in [0.1, 0.15) is 5.01 Å². The van der Waals surface area contributed by atoms with E-state index < -0.39 is 0 Å². The predicted molar refractivity (Wildman–Crippen MR) is 150 cm³/mol. The maximum absolute atomic E-state index is 4.87. The van der Waals surface area contributed by atoms with Gasteiger partial charge in [-0.1, -0.05) is 67.8 Å². The van der Waals surface area contributed by atoms with Gasteiger partial charge in [0.25, 0.3) is 0 Å². The lowest BCUT2D eigenvalue weighted by molar-refractivity contribution is 0.338. The van der Waals surface area contributed by atoms with Crippen LogP contribution >= 0.6 is 11.3 Å². The van der Waals surface area contributed by atoms with E-state index >= 15 is 0 Å². The minimum atomic E-state index is -0.0275. The minimum absolute atomic E-state index is 0.0275. The van der Waals surface area contributed by atoms with E-state index in [0.29, 0.717) is 0 Å². The summed E-state index contributed by atoms with van der Waals surface area (Å²) in [5.74, 6) is 0. The van der Waals surface area contributed by atoms with Gasteiger partial charge >= 0.3 is 0 Å². The molecule has 3 aromatic heterocycles. The molecule has 0 atom stereocenters. The van der Waals surface area contributed by atoms with Crippen LogP contribution in [0, 0.1) is 0 Å². The van der Waals surface area contributed by atoms with Crippen LogP contribution in [0.3, 0.4) is 0 Å². The van der Waals surface area contributed by atoms with E-state index in [-0.39, 0.29) is 5.41 Å². The van der Waals surface area contributed by atoms with Crippen LogP contribution in [0.2, 0.25) is 0 Å². The average molecular weight is 486 g/mol. The van der Waals surface area contributed by atoms with Crippen molar-refractivity contribution >= 4 is 33.1 Å². The first-order chi connectivity index (χ1) is 17.8. The molecule has 3 heterocycles. The highest BCUT2D eigenvalue weighted by Gasteiger charge is 2.37. The van der Waals surface area contributed by atoms with Crippen LogP contribution in [-0.4, -0.2) is 14.5 Å². The number of rotatable bonds is 4. The Morgan fingerprint density at radius 2 is 1.56 bits per heavy atom. The number of thiazole rings is 1. The van der Waals surface area contributed by atoms with Crippen molar-refractivity contribution in [3.63, 3.8) is 0 Å². The zero-order valence-electron chi connectivity index (χ0n) is 20.1. The van der Waals surface area contributed by atoms with Gasteiger partial charge in [-0.2, -0.15) is 0 Å².